The fourth-order valence-corrected chi connectivity index (χ4v) is 13.1. The molecule has 0 unspecified atom stereocenters. The van der Waals surface area contributed by atoms with Gasteiger partial charge in [0.2, 0.25) is 17.7 Å². The Kier molecular flexibility index (Phi) is 12.1. The third-order valence-electron chi connectivity index (χ3n) is 15.8. The maximum Gasteiger partial charge on any atom is 0.282 e. The number of halogens is 1. The minimum absolute atomic E-state index is 0.00825. The van der Waals surface area contributed by atoms with Crippen LogP contribution in [-0.2, 0) is 19.8 Å². The van der Waals surface area contributed by atoms with E-state index in [9.17, 15) is 24.3 Å². The highest BCUT2D eigenvalue weighted by atomic mass is 35.5. The zero-order chi connectivity index (χ0) is 48.6. The lowest BCUT2D eigenvalue weighted by Gasteiger charge is -2.35. The summed E-state index contributed by atoms with van der Waals surface area (Å²) in [5.74, 6) is 0.583. The van der Waals surface area contributed by atoms with Crippen molar-refractivity contribution in [2.75, 3.05) is 19.6 Å². The van der Waals surface area contributed by atoms with Crippen LogP contribution in [0, 0.1) is 12.3 Å². The minimum Gasteiger partial charge on any atom is -0.391 e. The van der Waals surface area contributed by atoms with Gasteiger partial charge < -0.3 is 20.2 Å². The Bertz CT molecular complexity index is 3070. The van der Waals surface area contributed by atoms with Crippen molar-refractivity contribution in [3.05, 3.63) is 122 Å². The van der Waals surface area contributed by atoms with E-state index in [0.717, 1.165) is 102 Å². The number of aromatic nitrogens is 6. The lowest BCUT2D eigenvalue weighted by atomic mass is 9.69. The van der Waals surface area contributed by atoms with Crippen LogP contribution >= 0.6 is 22.9 Å². The van der Waals surface area contributed by atoms with Gasteiger partial charge in [0.15, 0.2) is 0 Å². The van der Waals surface area contributed by atoms with Gasteiger partial charge in [-0.15, -0.1) is 16.4 Å². The van der Waals surface area contributed by atoms with E-state index in [4.69, 9.17) is 16.6 Å². The number of piperidine rings is 1. The van der Waals surface area contributed by atoms with E-state index >= 15 is 0 Å². The molecule has 2 saturated carbocycles. The van der Waals surface area contributed by atoms with Crippen molar-refractivity contribution in [2.45, 2.75) is 140 Å². The second-order valence-electron chi connectivity index (χ2n) is 21.5. The number of aliphatic hydroxyl groups is 1. The molecule has 3 amide bonds. The van der Waals surface area contributed by atoms with Gasteiger partial charge in [-0.25, -0.2) is 9.67 Å². The maximum atomic E-state index is 14.6. The van der Waals surface area contributed by atoms with E-state index in [1.54, 1.807) is 22.1 Å². The van der Waals surface area contributed by atoms with Crippen LogP contribution in [0.3, 0.4) is 0 Å². The zero-order valence-corrected chi connectivity index (χ0v) is 41.8. The summed E-state index contributed by atoms with van der Waals surface area (Å²) in [5, 5.41) is 23.9. The second kappa shape index (κ2) is 18.1. The Morgan fingerprint density at radius 3 is 2.43 bits per heavy atom. The van der Waals surface area contributed by atoms with Crippen molar-refractivity contribution in [2.24, 2.45) is 5.41 Å². The maximum absolute atomic E-state index is 14.6. The summed E-state index contributed by atoms with van der Waals surface area (Å²) in [4.78, 5) is 70.9. The summed E-state index contributed by atoms with van der Waals surface area (Å²) in [5.41, 5.74) is 8.46. The number of thiazole rings is 1. The first-order valence-electron chi connectivity index (χ1n) is 25.0. The van der Waals surface area contributed by atoms with E-state index in [1.807, 2.05) is 80.7 Å². The number of carbonyl (C=O) groups is 3. The van der Waals surface area contributed by atoms with Gasteiger partial charge in [-0.05, 0) is 97.2 Å². The number of aliphatic hydroxyl groups excluding tert-OH is 1. The molecule has 3 aromatic heterocycles. The Hall–Kier alpha value is -5.77. The topological polar surface area (TPSA) is 168 Å². The Balaban J connectivity index is 0.832. The van der Waals surface area contributed by atoms with E-state index in [2.05, 4.69) is 43.4 Å². The molecular weight excluding hydrogens is 922 g/mol. The molecule has 6 aromatic rings. The van der Waals surface area contributed by atoms with Crippen molar-refractivity contribution < 1.29 is 19.5 Å². The van der Waals surface area contributed by atoms with Gasteiger partial charge in [-0.2, -0.15) is 4.98 Å². The van der Waals surface area contributed by atoms with Gasteiger partial charge in [0.05, 0.1) is 67.4 Å². The van der Waals surface area contributed by atoms with Crippen molar-refractivity contribution in [3.8, 4) is 16.1 Å². The molecule has 1 spiro atoms. The molecule has 16 heteroatoms. The van der Waals surface area contributed by atoms with Gasteiger partial charge in [0, 0.05) is 38.2 Å². The number of hydrogen-bond donors (Lipinski definition) is 2. The van der Waals surface area contributed by atoms with E-state index < -0.39 is 35.6 Å². The normalized spacial score (nSPS) is 20.9. The summed E-state index contributed by atoms with van der Waals surface area (Å²) < 4.78 is 3.82. The molecule has 3 aliphatic heterocycles. The first-order chi connectivity index (χ1) is 33.7. The van der Waals surface area contributed by atoms with Crippen LogP contribution in [0.4, 0.5) is 0 Å². The smallest absolute Gasteiger partial charge is 0.282 e. The molecule has 70 heavy (non-hydrogen) atoms. The van der Waals surface area contributed by atoms with Gasteiger partial charge in [-0.1, -0.05) is 99.3 Å². The summed E-state index contributed by atoms with van der Waals surface area (Å²) >= 11 is 8.21. The third-order valence-corrected chi connectivity index (χ3v) is 17.1. The monoisotopic (exact) mass is 981 g/mol. The SMILES string of the molecule is Cc1ncsc1-c1ccc([C@H](CC(=O)N2CCC(c3ccc4c(c3)-n3c(nc(=O)c5c(Cl)cccc53)C43CCCCC3)CC2)NC(=O)[C@@H]2C[C@@H](O)CN2C(=O)[C@@H](n2cc(C3CC3)nn2)C(C)(C)C)cc1. The number of β-amino-alcohol motifs (C(OH)–C–C–N with tert-alkyl or cyclic N) is 1. The Morgan fingerprint density at radius 2 is 1.73 bits per heavy atom. The van der Waals surface area contributed by atoms with Gasteiger partial charge in [-0.3, -0.25) is 23.7 Å². The van der Waals surface area contributed by atoms with Crippen molar-refractivity contribution in [1.29, 1.82) is 0 Å². The third kappa shape index (κ3) is 8.34. The first kappa shape index (κ1) is 46.6. The van der Waals surface area contributed by atoms with Crippen molar-refractivity contribution in [3.63, 3.8) is 0 Å². The number of nitrogens with one attached hydrogen (secondary N) is 1. The number of aryl methyl sites for hydroxylation is 1. The molecule has 2 saturated heterocycles. The molecular formula is C54H60ClN9O5S. The molecule has 5 aliphatic rings. The van der Waals surface area contributed by atoms with E-state index in [-0.39, 0.29) is 48.1 Å². The summed E-state index contributed by atoms with van der Waals surface area (Å²) in [7, 11) is 0. The average molecular weight is 983 g/mol. The van der Waals surface area contributed by atoms with Crippen LogP contribution in [0.5, 0.6) is 0 Å². The highest BCUT2D eigenvalue weighted by Crippen LogP contribution is 2.52. The van der Waals surface area contributed by atoms with Crippen molar-refractivity contribution >= 4 is 51.6 Å². The molecule has 2 N–H and O–H groups in total. The van der Waals surface area contributed by atoms with Gasteiger partial charge in [0.25, 0.3) is 5.56 Å². The lowest BCUT2D eigenvalue weighted by Crippen LogP contribution is -2.51. The molecule has 2 aliphatic carbocycles. The molecule has 6 heterocycles. The number of benzene rings is 3. The standard InChI is InChI=1S/C54H60ClN9O5S/c1-31-47(70-30-56-31)35-15-13-33(14-16-35)40(57-49(67)44-26-37(65)28-62(44)51(69)48(53(2,3)4)63-29-41(59-60-63)34-11-12-34)27-45(66)61-23-19-32(20-24-61)36-17-18-38-43(25-36)64-42-10-8-9-39(55)46(42)50(68)58-52(64)54(38)21-6-5-7-22-54/h8-10,13-18,25,29-30,32,34,37,40,44,48,65H,5-7,11-12,19-24,26-28H2,1-4H3,(H,57,67)/t37-,40+,44+,48-/m1/s1. The number of hydrogen-bond acceptors (Lipinski definition) is 10. The quantitative estimate of drug-likeness (QED) is 0.136. The Labute approximate surface area is 416 Å². The fourth-order valence-electron chi connectivity index (χ4n) is 12.0. The fraction of sp³-hybridized carbons (Fsp3) is 0.481. The summed E-state index contributed by atoms with van der Waals surface area (Å²) in [6.07, 6.45) is 9.87. The van der Waals surface area contributed by atoms with Crippen LogP contribution in [-0.4, -0.2) is 93.9 Å². The van der Waals surface area contributed by atoms with Crippen LogP contribution in [0.2, 0.25) is 5.02 Å². The number of carbonyl (C=O) groups excluding carboxylic acids is 3. The predicted molar refractivity (Wildman–Crippen MR) is 269 cm³/mol. The van der Waals surface area contributed by atoms with Crippen LogP contribution < -0.4 is 10.9 Å². The van der Waals surface area contributed by atoms with Crippen LogP contribution in [0.15, 0.2) is 77.2 Å². The number of rotatable bonds is 10. The minimum atomic E-state index is -0.954. The average Bonchev–Trinajstić information content (AvgIpc) is 3.59. The molecule has 3 aromatic carbocycles. The molecule has 4 fully saturated rings. The second-order valence-corrected chi connectivity index (χ2v) is 22.8. The van der Waals surface area contributed by atoms with Crippen LogP contribution in [0.1, 0.15) is 149 Å². The molecule has 0 bridgehead atoms. The molecule has 14 nitrogen and oxygen atoms in total. The Morgan fingerprint density at radius 1 is 0.971 bits per heavy atom. The number of nitrogens with zero attached hydrogens (tertiary/aromatic N) is 8. The molecule has 364 valence electrons. The molecule has 11 rings (SSSR count). The number of fused-ring (bicyclic) bond motifs is 7. The van der Waals surface area contributed by atoms with Gasteiger partial charge in [0.1, 0.15) is 17.9 Å². The highest BCUT2D eigenvalue weighted by molar-refractivity contribution is 7.13. The first-order valence-corrected chi connectivity index (χ1v) is 26.3. The number of amides is 3. The molecule has 0 radical (unpaired) electrons. The number of likely N-dealkylation sites (tertiary alicyclic amines) is 2. The molecule has 4 atom stereocenters. The summed E-state index contributed by atoms with van der Waals surface area (Å²) in [6, 6.07) is 17.9. The van der Waals surface area contributed by atoms with E-state index in [1.165, 1.54) is 16.0 Å². The summed E-state index contributed by atoms with van der Waals surface area (Å²) in [6.45, 7) is 8.98. The van der Waals surface area contributed by atoms with Crippen LogP contribution in [0.25, 0.3) is 27.0 Å². The predicted octanol–water partition coefficient (Wildman–Crippen LogP) is 8.71. The van der Waals surface area contributed by atoms with Crippen molar-refractivity contribution in [1.82, 2.24) is 44.6 Å². The largest absolute Gasteiger partial charge is 0.391 e. The van der Waals surface area contributed by atoms with E-state index in [0.29, 0.717) is 29.4 Å². The zero-order valence-electron chi connectivity index (χ0n) is 40.2. The highest BCUT2D eigenvalue weighted by Gasteiger charge is 2.48. The van der Waals surface area contributed by atoms with Gasteiger partial charge >= 0.3 is 0 Å². The lowest BCUT2D eigenvalue weighted by molar-refractivity contribution is -0.144.